The monoisotopic (exact) mass is 385 g/mol. The first-order chi connectivity index (χ1) is 10.9. The second kappa shape index (κ2) is 10.0. The Morgan fingerprint density at radius 1 is 1.00 bits per heavy atom. The molecule has 7 nitrogen and oxygen atoms in total. The minimum absolute atomic E-state index is 0.0977. The lowest BCUT2D eigenvalue weighted by Gasteiger charge is -2.27. The van der Waals surface area contributed by atoms with Crippen molar-refractivity contribution in [3.05, 3.63) is 16.6 Å². The molecule has 0 aliphatic rings. The first-order valence-electron chi connectivity index (χ1n) is 7.60. The van der Waals surface area contributed by atoms with E-state index in [4.69, 9.17) is 18.1 Å². The molecule has 1 aromatic rings. The molecular formula is C13H25NO6P2S. The fourth-order valence-electron chi connectivity index (χ4n) is 2.04. The average Bonchev–Trinajstić information content (AvgIpc) is 2.99. The normalized spacial score (nSPS) is 14.1. The molecule has 0 N–H and O–H groups in total. The quantitative estimate of drug-likeness (QED) is 0.482. The van der Waals surface area contributed by atoms with Gasteiger partial charge >= 0.3 is 15.2 Å². The molecule has 1 heterocycles. The third kappa shape index (κ3) is 6.05. The van der Waals surface area contributed by atoms with Crippen LogP contribution in [-0.2, 0) is 27.2 Å². The number of hydrogen-bond acceptors (Lipinski definition) is 8. The first-order valence-corrected chi connectivity index (χ1v) is 11.8. The summed E-state index contributed by atoms with van der Waals surface area (Å²) in [5.41, 5.74) is -0.786. The van der Waals surface area contributed by atoms with Crippen molar-refractivity contribution in [2.45, 2.75) is 33.4 Å². The van der Waals surface area contributed by atoms with Gasteiger partial charge in [-0.25, -0.2) is 4.98 Å². The van der Waals surface area contributed by atoms with Gasteiger partial charge in [0.05, 0.1) is 32.6 Å². The molecule has 0 radical (unpaired) electrons. The third-order valence-corrected chi connectivity index (χ3v) is 8.68. The Bertz CT molecular complexity index is 519. The van der Waals surface area contributed by atoms with Crippen molar-refractivity contribution < 1.29 is 27.2 Å². The van der Waals surface area contributed by atoms with Crippen LogP contribution in [0, 0.1) is 0 Å². The molecule has 0 aliphatic heterocycles. The summed E-state index contributed by atoms with van der Waals surface area (Å²) in [5, 5.41) is 2.30. The molecule has 0 saturated heterocycles. The summed E-state index contributed by atoms with van der Waals surface area (Å²) in [4.78, 5) is 4.21. The number of aromatic nitrogens is 1. The standard InChI is InChI=1S/C13H25NO6P2S/c1-5-17-21(15,18-6-2)11-12(13-14-9-10-23-13)22(16,19-7-3)20-8-4/h9-10,12H,5-8,11H2,1-4H3. The zero-order valence-electron chi connectivity index (χ0n) is 14.0. The van der Waals surface area contributed by atoms with Gasteiger partial charge in [-0.15, -0.1) is 11.3 Å². The zero-order chi connectivity index (χ0) is 17.3. The summed E-state index contributed by atoms with van der Waals surface area (Å²) in [5.74, 6) is 0. The smallest absolute Gasteiger partial charge is 0.309 e. The SMILES string of the molecule is CCOP(=O)(CC(c1nccs1)P(=O)(OCC)OCC)OCC. The Morgan fingerprint density at radius 2 is 1.52 bits per heavy atom. The lowest BCUT2D eigenvalue weighted by atomic mass is 10.5. The third-order valence-electron chi connectivity index (χ3n) is 2.78. The highest BCUT2D eigenvalue weighted by atomic mass is 32.1. The van der Waals surface area contributed by atoms with E-state index in [1.54, 1.807) is 39.3 Å². The second-order valence-electron chi connectivity index (χ2n) is 4.39. The van der Waals surface area contributed by atoms with Crippen molar-refractivity contribution in [1.82, 2.24) is 4.98 Å². The van der Waals surface area contributed by atoms with Crippen LogP contribution in [0.4, 0.5) is 0 Å². The highest BCUT2D eigenvalue weighted by Gasteiger charge is 2.44. The molecule has 134 valence electrons. The van der Waals surface area contributed by atoms with Crippen molar-refractivity contribution in [3.8, 4) is 0 Å². The second-order valence-corrected chi connectivity index (χ2v) is 9.64. The van der Waals surface area contributed by atoms with Gasteiger partial charge in [0.15, 0.2) is 0 Å². The number of rotatable bonds is 12. The summed E-state index contributed by atoms with van der Waals surface area (Å²) in [6, 6.07) is 0. The van der Waals surface area contributed by atoms with E-state index in [0.29, 0.717) is 5.01 Å². The van der Waals surface area contributed by atoms with Crippen LogP contribution in [0.5, 0.6) is 0 Å². The van der Waals surface area contributed by atoms with Crippen LogP contribution in [0.25, 0.3) is 0 Å². The molecule has 1 rings (SSSR count). The topological polar surface area (TPSA) is 84.0 Å². The average molecular weight is 385 g/mol. The molecule has 0 saturated carbocycles. The lowest BCUT2D eigenvalue weighted by molar-refractivity contribution is 0.203. The predicted octanol–water partition coefficient (Wildman–Crippen LogP) is 4.72. The first kappa shape index (κ1) is 21.0. The van der Waals surface area contributed by atoms with Crippen molar-refractivity contribution in [3.63, 3.8) is 0 Å². The minimum atomic E-state index is -3.55. The molecule has 1 unspecified atom stereocenters. The Labute approximate surface area is 141 Å². The fraction of sp³-hybridized carbons (Fsp3) is 0.769. The van der Waals surface area contributed by atoms with Crippen LogP contribution in [0.3, 0.4) is 0 Å². The van der Waals surface area contributed by atoms with Gasteiger partial charge in [0.2, 0.25) is 0 Å². The number of thiazole rings is 1. The van der Waals surface area contributed by atoms with Crippen LogP contribution in [0.2, 0.25) is 0 Å². The van der Waals surface area contributed by atoms with Crippen molar-refractivity contribution in [2.75, 3.05) is 32.6 Å². The van der Waals surface area contributed by atoms with Gasteiger partial charge < -0.3 is 18.1 Å². The van der Waals surface area contributed by atoms with Gasteiger partial charge in [0.1, 0.15) is 10.7 Å². The number of nitrogens with zero attached hydrogens (tertiary/aromatic N) is 1. The number of hydrogen-bond donors (Lipinski definition) is 0. The van der Waals surface area contributed by atoms with E-state index in [2.05, 4.69) is 4.98 Å². The van der Waals surface area contributed by atoms with Crippen LogP contribution in [0.1, 0.15) is 38.4 Å². The fourth-order valence-corrected chi connectivity index (χ4v) is 7.91. The Kier molecular flexibility index (Phi) is 9.16. The Morgan fingerprint density at radius 3 is 1.91 bits per heavy atom. The van der Waals surface area contributed by atoms with Crippen molar-refractivity contribution >= 4 is 26.5 Å². The zero-order valence-corrected chi connectivity index (χ0v) is 16.6. The summed E-state index contributed by atoms with van der Waals surface area (Å²) in [7, 11) is -6.97. The van der Waals surface area contributed by atoms with Gasteiger partial charge in [-0.2, -0.15) is 0 Å². The van der Waals surface area contributed by atoms with E-state index in [1.807, 2.05) is 0 Å². The highest BCUT2D eigenvalue weighted by molar-refractivity contribution is 7.58. The summed E-state index contributed by atoms with van der Waals surface area (Å²) in [6.07, 6.45) is 1.50. The molecule has 0 aromatic carbocycles. The molecule has 0 spiro atoms. The largest absolute Gasteiger partial charge is 0.341 e. The molecule has 23 heavy (non-hydrogen) atoms. The van der Waals surface area contributed by atoms with Crippen molar-refractivity contribution in [1.29, 1.82) is 0 Å². The molecule has 1 aromatic heterocycles. The van der Waals surface area contributed by atoms with Crippen LogP contribution >= 0.6 is 26.5 Å². The molecule has 1 atom stereocenters. The molecule has 10 heteroatoms. The van der Waals surface area contributed by atoms with Gasteiger partial charge in [-0.3, -0.25) is 9.13 Å². The maximum absolute atomic E-state index is 13.2. The van der Waals surface area contributed by atoms with Gasteiger partial charge in [-0.1, -0.05) is 0 Å². The van der Waals surface area contributed by atoms with Crippen molar-refractivity contribution in [2.24, 2.45) is 0 Å². The van der Waals surface area contributed by atoms with E-state index < -0.39 is 20.9 Å². The minimum Gasteiger partial charge on any atom is -0.309 e. The van der Waals surface area contributed by atoms with E-state index in [1.165, 1.54) is 11.3 Å². The van der Waals surface area contributed by atoms with E-state index in [-0.39, 0.29) is 32.6 Å². The summed E-state index contributed by atoms with van der Waals surface area (Å²) >= 11 is 1.31. The van der Waals surface area contributed by atoms with E-state index >= 15 is 0 Å². The molecule has 0 fully saturated rings. The Hall–Kier alpha value is -0.0700. The van der Waals surface area contributed by atoms with Gasteiger partial charge in [0.25, 0.3) is 0 Å². The van der Waals surface area contributed by atoms with Gasteiger partial charge in [-0.05, 0) is 27.7 Å². The summed E-state index contributed by atoms with van der Waals surface area (Å²) < 4.78 is 47.6. The maximum Gasteiger partial charge on any atom is 0.341 e. The lowest BCUT2D eigenvalue weighted by Crippen LogP contribution is -2.13. The van der Waals surface area contributed by atoms with Crippen LogP contribution in [0.15, 0.2) is 11.6 Å². The van der Waals surface area contributed by atoms with Crippen LogP contribution < -0.4 is 0 Å². The van der Waals surface area contributed by atoms with Gasteiger partial charge in [0, 0.05) is 11.6 Å². The predicted molar refractivity (Wildman–Crippen MR) is 91.4 cm³/mol. The highest BCUT2D eigenvalue weighted by Crippen LogP contribution is 2.66. The van der Waals surface area contributed by atoms with E-state index in [9.17, 15) is 9.13 Å². The van der Waals surface area contributed by atoms with E-state index in [0.717, 1.165) is 0 Å². The molecule has 0 bridgehead atoms. The summed E-state index contributed by atoms with van der Waals surface area (Å²) in [6.45, 7) is 7.82. The Balaban J connectivity index is 3.19. The van der Waals surface area contributed by atoms with Crippen LogP contribution in [-0.4, -0.2) is 37.6 Å². The maximum atomic E-state index is 13.2. The molecular weight excluding hydrogens is 360 g/mol. The molecule has 0 aliphatic carbocycles. The molecule has 0 amide bonds.